The fourth-order valence-electron chi connectivity index (χ4n) is 2.56. The average Bonchev–Trinajstić information content (AvgIpc) is 2.43. The maximum absolute atomic E-state index is 13.1. The van der Waals surface area contributed by atoms with Gasteiger partial charge in [0.1, 0.15) is 0 Å². The Hall–Kier alpha value is -1.33. The number of benzene rings is 1. The van der Waals surface area contributed by atoms with Crippen molar-refractivity contribution in [2.24, 2.45) is 0 Å². The van der Waals surface area contributed by atoms with Gasteiger partial charge in [-0.3, -0.25) is 9.69 Å². The highest BCUT2D eigenvalue weighted by Gasteiger charge is 2.24. The van der Waals surface area contributed by atoms with Crippen LogP contribution in [0.3, 0.4) is 0 Å². The summed E-state index contributed by atoms with van der Waals surface area (Å²) in [5.41, 5.74) is 0.232. The number of nitrogens with zero attached hydrogens (tertiary/aromatic N) is 2. The summed E-state index contributed by atoms with van der Waals surface area (Å²) in [5, 5.41) is 0. The second-order valence-electron chi connectivity index (χ2n) is 5.33. The van der Waals surface area contributed by atoms with Gasteiger partial charge in [-0.25, -0.2) is 8.78 Å². The highest BCUT2D eigenvalue weighted by atomic mass is 19.2. The van der Waals surface area contributed by atoms with Crippen LogP contribution in [0.25, 0.3) is 0 Å². The number of carbonyl (C=O) groups is 1. The van der Waals surface area contributed by atoms with Crippen molar-refractivity contribution in [3.63, 3.8) is 0 Å². The van der Waals surface area contributed by atoms with Crippen molar-refractivity contribution in [1.82, 2.24) is 9.80 Å². The predicted molar refractivity (Wildman–Crippen MR) is 73.8 cm³/mol. The summed E-state index contributed by atoms with van der Waals surface area (Å²) in [6.45, 7) is 4.96. The van der Waals surface area contributed by atoms with Crippen LogP contribution in [0.5, 0.6) is 0 Å². The van der Waals surface area contributed by atoms with Gasteiger partial charge in [-0.2, -0.15) is 0 Å². The van der Waals surface area contributed by atoms with Gasteiger partial charge in [0.2, 0.25) is 0 Å². The Labute approximate surface area is 118 Å². The van der Waals surface area contributed by atoms with Gasteiger partial charge in [-0.1, -0.05) is 6.92 Å². The Morgan fingerprint density at radius 1 is 1.30 bits per heavy atom. The first-order valence-corrected chi connectivity index (χ1v) is 6.92. The molecule has 3 nitrogen and oxygen atoms in total. The molecule has 0 saturated carbocycles. The van der Waals surface area contributed by atoms with Crippen LogP contribution in [0.15, 0.2) is 18.2 Å². The van der Waals surface area contributed by atoms with Gasteiger partial charge in [0, 0.05) is 31.2 Å². The number of hydrogen-bond donors (Lipinski definition) is 0. The van der Waals surface area contributed by atoms with Gasteiger partial charge in [0.15, 0.2) is 17.4 Å². The maximum atomic E-state index is 13.1. The average molecular weight is 282 g/mol. The number of Topliss-reactive ketones (excluding diaryl/α,β-unsaturated/α-hetero) is 1. The molecule has 20 heavy (non-hydrogen) atoms. The molecule has 1 aromatic rings. The summed E-state index contributed by atoms with van der Waals surface area (Å²) >= 11 is 0. The van der Waals surface area contributed by atoms with Crippen LogP contribution >= 0.6 is 0 Å². The summed E-state index contributed by atoms with van der Waals surface area (Å²) < 4.78 is 26.0. The van der Waals surface area contributed by atoms with Crippen LogP contribution in [-0.2, 0) is 0 Å². The van der Waals surface area contributed by atoms with Crippen molar-refractivity contribution in [3.8, 4) is 0 Å². The molecule has 0 N–H and O–H groups in total. The topological polar surface area (TPSA) is 23.6 Å². The summed E-state index contributed by atoms with van der Waals surface area (Å²) in [6, 6.07) is 3.77. The van der Waals surface area contributed by atoms with E-state index in [9.17, 15) is 13.6 Å². The highest BCUT2D eigenvalue weighted by molar-refractivity contribution is 5.97. The number of halogens is 2. The molecular formula is C15H20F2N2O. The summed E-state index contributed by atoms with van der Waals surface area (Å²) in [4.78, 5) is 16.5. The molecule has 1 unspecified atom stereocenters. The van der Waals surface area contributed by atoms with E-state index in [2.05, 4.69) is 23.8 Å². The Morgan fingerprint density at radius 3 is 2.70 bits per heavy atom. The zero-order chi connectivity index (χ0) is 14.7. The number of piperazine rings is 1. The third-order valence-corrected chi connectivity index (χ3v) is 3.94. The number of likely N-dealkylation sites (N-methyl/N-ethyl adjacent to an activating group) is 1. The molecule has 1 aliphatic heterocycles. The van der Waals surface area contributed by atoms with Crippen LogP contribution in [0.2, 0.25) is 0 Å². The minimum absolute atomic E-state index is 0.164. The lowest BCUT2D eigenvalue weighted by molar-refractivity contribution is 0.0742. The summed E-state index contributed by atoms with van der Waals surface area (Å²) in [7, 11) is 2.09. The molecular weight excluding hydrogens is 262 g/mol. The molecule has 1 aliphatic rings. The molecule has 0 aliphatic carbocycles. The zero-order valence-corrected chi connectivity index (χ0v) is 11.9. The lowest BCUT2D eigenvalue weighted by Gasteiger charge is -2.38. The zero-order valence-electron chi connectivity index (χ0n) is 11.9. The Kier molecular flexibility index (Phi) is 4.83. The molecule has 0 bridgehead atoms. The van der Waals surface area contributed by atoms with Crippen molar-refractivity contribution in [2.75, 3.05) is 33.2 Å². The lowest BCUT2D eigenvalue weighted by atomic mass is 10.1. The van der Waals surface area contributed by atoms with Gasteiger partial charge < -0.3 is 4.90 Å². The highest BCUT2D eigenvalue weighted by Crippen LogP contribution is 2.13. The lowest BCUT2D eigenvalue weighted by Crippen LogP contribution is -2.52. The molecule has 110 valence electrons. The molecule has 1 atom stereocenters. The van der Waals surface area contributed by atoms with Crippen molar-refractivity contribution in [1.29, 1.82) is 0 Å². The molecule has 1 aromatic carbocycles. The SMILES string of the molecule is CCC1CN(CC(=O)c2ccc(F)c(F)c2)CCN1C. The minimum atomic E-state index is -0.972. The quantitative estimate of drug-likeness (QED) is 0.791. The predicted octanol–water partition coefficient (Wildman–Crippen LogP) is 2.17. The maximum Gasteiger partial charge on any atom is 0.176 e. The molecule has 5 heteroatoms. The largest absolute Gasteiger partial charge is 0.301 e. The van der Waals surface area contributed by atoms with E-state index in [1.165, 1.54) is 6.07 Å². The van der Waals surface area contributed by atoms with Crippen molar-refractivity contribution >= 4 is 5.78 Å². The van der Waals surface area contributed by atoms with Gasteiger partial charge >= 0.3 is 0 Å². The fourth-order valence-corrected chi connectivity index (χ4v) is 2.56. The van der Waals surface area contributed by atoms with Crippen LogP contribution in [0, 0.1) is 11.6 Å². The van der Waals surface area contributed by atoms with Crippen LogP contribution in [0.4, 0.5) is 8.78 Å². The molecule has 0 amide bonds. The second-order valence-corrected chi connectivity index (χ2v) is 5.33. The number of hydrogen-bond acceptors (Lipinski definition) is 3. The molecule has 0 aromatic heterocycles. The van der Waals surface area contributed by atoms with E-state index in [1.807, 2.05) is 0 Å². The van der Waals surface area contributed by atoms with Crippen LogP contribution in [-0.4, -0.2) is 54.9 Å². The molecule has 1 fully saturated rings. The van der Waals surface area contributed by atoms with E-state index in [4.69, 9.17) is 0 Å². The first-order chi connectivity index (χ1) is 9.51. The van der Waals surface area contributed by atoms with Crippen molar-refractivity contribution in [2.45, 2.75) is 19.4 Å². The molecule has 1 saturated heterocycles. The third-order valence-electron chi connectivity index (χ3n) is 3.94. The van der Waals surface area contributed by atoms with Crippen molar-refractivity contribution < 1.29 is 13.6 Å². The van der Waals surface area contributed by atoms with E-state index in [0.29, 0.717) is 6.04 Å². The van der Waals surface area contributed by atoms with E-state index >= 15 is 0 Å². The van der Waals surface area contributed by atoms with Crippen molar-refractivity contribution in [3.05, 3.63) is 35.4 Å². The first-order valence-electron chi connectivity index (χ1n) is 6.92. The standard InChI is InChI=1S/C15H20F2N2O/c1-3-12-9-19(7-6-18(12)2)10-15(20)11-4-5-13(16)14(17)8-11/h4-5,8,12H,3,6-7,9-10H2,1-2H3. The van der Waals surface area contributed by atoms with E-state index < -0.39 is 11.6 Å². The summed E-state index contributed by atoms with van der Waals surface area (Å²) in [5.74, 6) is -2.06. The van der Waals surface area contributed by atoms with Gasteiger partial charge in [0.05, 0.1) is 6.54 Å². The van der Waals surface area contributed by atoms with Crippen LogP contribution in [0.1, 0.15) is 23.7 Å². The Balaban J connectivity index is 1.99. The fraction of sp³-hybridized carbons (Fsp3) is 0.533. The van der Waals surface area contributed by atoms with Gasteiger partial charge in [0.25, 0.3) is 0 Å². The van der Waals surface area contributed by atoms with Crippen LogP contribution < -0.4 is 0 Å². The number of carbonyl (C=O) groups excluding carboxylic acids is 1. The monoisotopic (exact) mass is 282 g/mol. The second kappa shape index (κ2) is 6.41. The smallest absolute Gasteiger partial charge is 0.176 e. The normalized spacial score (nSPS) is 21.1. The number of ketones is 1. The van der Waals surface area contributed by atoms with Gasteiger partial charge in [-0.05, 0) is 31.7 Å². The first kappa shape index (κ1) is 15.1. The third kappa shape index (κ3) is 3.41. The minimum Gasteiger partial charge on any atom is -0.301 e. The van der Waals surface area contributed by atoms with Gasteiger partial charge in [-0.15, -0.1) is 0 Å². The number of rotatable bonds is 4. The molecule has 0 spiro atoms. The molecule has 0 radical (unpaired) electrons. The van der Waals surface area contributed by atoms with E-state index in [0.717, 1.165) is 38.2 Å². The summed E-state index contributed by atoms with van der Waals surface area (Å²) in [6.07, 6.45) is 1.03. The van der Waals surface area contributed by atoms with E-state index in [1.54, 1.807) is 0 Å². The Bertz CT molecular complexity index is 493. The Morgan fingerprint density at radius 2 is 2.05 bits per heavy atom. The molecule has 1 heterocycles. The molecule has 2 rings (SSSR count). The van der Waals surface area contributed by atoms with E-state index in [-0.39, 0.29) is 17.9 Å².